The summed E-state index contributed by atoms with van der Waals surface area (Å²) in [6.07, 6.45) is -4.42. The molecule has 2 aromatic carbocycles. The SMILES string of the molecule is FC(F)(F)C(Nc1ccc(Cl)c(Cl)c1)c1ccccc1. The lowest BCUT2D eigenvalue weighted by Gasteiger charge is -2.23. The molecule has 0 aliphatic rings. The van der Waals surface area contributed by atoms with Gasteiger partial charge in [0, 0.05) is 5.69 Å². The topological polar surface area (TPSA) is 12.0 Å². The molecule has 6 heteroatoms. The van der Waals surface area contributed by atoms with E-state index in [1.54, 1.807) is 18.2 Å². The van der Waals surface area contributed by atoms with E-state index in [9.17, 15) is 13.2 Å². The molecule has 106 valence electrons. The molecule has 1 unspecified atom stereocenters. The highest BCUT2D eigenvalue weighted by Crippen LogP contribution is 2.36. The van der Waals surface area contributed by atoms with Crippen molar-refractivity contribution < 1.29 is 13.2 Å². The number of alkyl halides is 3. The third-order valence-corrected chi connectivity index (χ3v) is 3.43. The molecule has 0 saturated carbocycles. The zero-order chi connectivity index (χ0) is 14.8. The van der Waals surface area contributed by atoms with Crippen molar-refractivity contribution in [1.29, 1.82) is 0 Å². The molecule has 0 spiro atoms. The maximum absolute atomic E-state index is 13.1. The number of hydrogen-bond donors (Lipinski definition) is 1. The quantitative estimate of drug-likeness (QED) is 0.764. The molecule has 0 bridgehead atoms. The fourth-order valence-corrected chi connectivity index (χ4v) is 2.05. The fourth-order valence-electron chi connectivity index (χ4n) is 1.75. The second kappa shape index (κ2) is 5.94. The largest absolute Gasteiger partial charge is 0.412 e. The average molecular weight is 320 g/mol. The molecule has 0 aliphatic heterocycles. The second-order valence-corrected chi connectivity index (χ2v) is 4.97. The number of rotatable bonds is 3. The maximum atomic E-state index is 13.1. The van der Waals surface area contributed by atoms with Crippen LogP contribution in [0.1, 0.15) is 11.6 Å². The van der Waals surface area contributed by atoms with E-state index in [-0.39, 0.29) is 16.3 Å². The van der Waals surface area contributed by atoms with Gasteiger partial charge in [0.05, 0.1) is 10.0 Å². The Morgan fingerprint density at radius 1 is 0.900 bits per heavy atom. The van der Waals surface area contributed by atoms with Crippen molar-refractivity contribution in [2.45, 2.75) is 12.2 Å². The second-order valence-electron chi connectivity index (χ2n) is 4.16. The van der Waals surface area contributed by atoms with Gasteiger partial charge in [0.15, 0.2) is 0 Å². The third-order valence-electron chi connectivity index (χ3n) is 2.69. The summed E-state index contributed by atoms with van der Waals surface area (Å²) in [4.78, 5) is 0. The first-order chi connectivity index (χ1) is 9.38. The Bertz CT molecular complexity index is 585. The van der Waals surface area contributed by atoms with E-state index in [0.29, 0.717) is 5.02 Å². The van der Waals surface area contributed by atoms with Crippen LogP contribution in [-0.2, 0) is 0 Å². The number of nitrogens with one attached hydrogen (secondary N) is 1. The summed E-state index contributed by atoms with van der Waals surface area (Å²) in [5.74, 6) is 0. The third kappa shape index (κ3) is 3.58. The van der Waals surface area contributed by atoms with Crippen LogP contribution in [0, 0.1) is 0 Å². The van der Waals surface area contributed by atoms with Gasteiger partial charge in [0.2, 0.25) is 0 Å². The summed E-state index contributed by atoms with van der Waals surface area (Å²) in [5, 5.41) is 2.93. The van der Waals surface area contributed by atoms with Gasteiger partial charge in [-0.3, -0.25) is 0 Å². The molecular formula is C14H10Cl2F3N. The van der Waals surface area contributed by atoms with Crippen LogP contribution >= 0.6 is 23.2 Å². The molecule has 0 amide bonds. The van der Waals surface area contributed by atoms with E-state index in [0.717, 1.165) is 0 Å². The molecule has 0 aromatic heterocycles. The zero-order valence-electron chi connectivity index (χ0n) is 10.1. The Labute approximate surface area is 124 Å². The van der Waals surface area contributed by atoms with Gasteiger partial charge in [0.1, 0.15) is 6.04 Å². The van der Waals surface area contributed by atoms with Crippen molar-refractivity contribution in [2.24, 2.45) is 0 Å². The number of halogens is 5. The summed E-state index contributed by atoms with van der Waals surface area (Å²) in [6.45, 7) is 0. The van der Waals surface area contributed by atoms with Crippen molar-refractivity contribution >= 4 is 28.9 Å². The van der Waals surface area contributed by atoms with E-state index in [1.807, 2.05) is 0 Å². The summed E-state index contributed by atoms with van der Waals surface area (Å²) in [7, 11) is 0. The van der Waals surface area contributed by atoms with Crippen LogP contribution in [0.4, 0.5) is 18.9 Å². The van der Waals surface area contributed by atoms with E-state index in [2.05, 4.69) is 5.32 Å². The van der Waals surface area contributed by atoms with Crippen LogP contribution < -0.4 is 5.32 Å². The molecule has 2 aromatic rings. The van der Waals surface area contributed by atoms with Crippen molar-refractivity contribution in [2.75, 3.05) is 5.32 Å². The average Bonchev–Trinajstić information content (AvgIpc) is 2.39. The van der Waals surface area contributed by atoms with Crippen molar-refractivity contribution in [3.63, 3.8) is 0 Å². The van der Waals surface area contributed by atoms with E-state index < -0.39 is 12.2 Å². The van der Waals surface area contributed by atoms with Gasteiger partial charge in [-0.1, -0.05) is 53.5 Å². The Balaban J connectivity index is 2.31. The van der Waals surface area contributed by atoms with Crippen molar-refractivity contribution in [3.8, 4) is 0 Å². The minimum absolute atomic E-state index is 0.131. The van der Waals surface area contributed by atoms with Crippen LogP contribution in [0.5, 0.6) is 0 Å². The smallest absolute Gasteiger partial charge is 0.370 e. The van der Waals surface area contributed by atoms with Gasteiger partial charge in [0.25, 0.3) is 0 Å². The minimum Gasteiger partial charge on any atom is -0.370 e. The summed E-state index contributed by atoms with van der Waals surface area (Å²) in [6, 6.07) is 10.1. The van der Waals surface area contributed by atoms with Gasteiger partial charge in [-0.05, 0) is 23.8 Å². The Morgan fingerprint density at radius 3 is 2.10 bits per heavy atom. The Kier molecular flexibility index (Phi) is 4.45. The Morgan fingerprint density at radius 2 is 1.55 bits per heavy atom. The number of anilines is 1. The summed E-state index contributed by atoms with van der Waals surface area (Å²) in [5.41, 5.74) is 0.386. The lowest BCUT2D eigenvalue weighted by molar-refractivity contribution is -0.144. The van der Waals surface area contributed by atoms with E-state index in [4.69, 9.17) is 23.2 Å². The zero-order valence-corrected chi connectivity index (χ0v) is 11.6. The molecule has 0 aliphatic carbocycles. The molecule has 1 atom stereocenters. The molecule has 0 fully saturated rings. The minimum atomic E-state index is -4.42. The Hall–Kier alpha value is -1.39. The first-order valence-electron chi connectivity index (χ1n) is 5.71. The molecule has 20 heavy (non-hydrogen) atoms. The fraction of sp³-hybridized carbons (Fsp3) is 0.143. The van der Waals surface area contributed by atoms with Crippen LogP contribution in [-0.4, -0.2) is 6.18 Å². The van der Waals surface area contributed by atoms with Gasteiger partial charge in [-0.25, -0.2) is 0 Å². The standard InChI is InChI=1S/C14H10Cl2F3N/c15-11-7-6-10(8-12(11)16)20-13(14(17,18)19)9-4-2-1-3-5-9/h1-8,13,20H. The van der Waals surface area contributed by atoms with E-state index >= 15 is 0 Å². The molecule has 0 saturated heterocycles. The van der Waals surface area contributed by atoms with Gasteiger partial charge < -0.3 is 5.32 Å². The van der Waals surface area contributed by atoms with Gasteiger partial charge in [-0.2, -0.15) is 13.2 Å². The lowest BCUT2D eigenvalue weighted by Crippen LogP contribution is -2.27. The van der Waals surface area contributed by atoms with Crippen LogP contribution in [0.2, 0.25) is 10.0 Å². The normalized spacial score (nSPS) is 13.1. The van der Waals surface area contributed by atoms with Gasteiger partial charge in [-0.15, -0.1) is 0 Å². The van der Waals surface area contributed by atoms with Crippen LogP contribution in [0.15, 0.2) is 48.5 Å². The predicted molar refractivity (Wildman–Crippen MR) is 75.3 cm³/mol. The molecule has 0 heterocycles. The molecular weight excluding hydrogens is 310 g/mol. The first kappa shape index (κ1) is 15.0. The van der Waals surface area contributed by atoms with Crippen LogP contribution in [0.3, 0.4) is 0 Å². The van der Waals surface area contributed by atoms with E-state index in [1.165, 1.54) is 30.3 Å². The highest BCUT2D eigenvalue weighted by atomic mass is 35.5. The van der Waals surface area contributed by atoms with Crippen molar-refractivity contribution in [1.82, 2.24) is 0 Å². The van der Waals surface area contributed by atoms with Crippen LogP contribution in [0.25, 0.3) is 0 Å². The molecule has 0 radical (unpaired) electrons. The molecule has 1 nitrogen and oxygen atoms in total. The first-order valence-corrected chi connectivity index (χ1v) is 6.47. The highest BCUT2D eigenvalue weighted by Gasteiger charge is 2.40. The number of benzene rings is 2. The monoisotopic (exact) mass is 319 g/mol. The predicted octanol–water partition coefficient (Wildman–Crippen LogP) is 5.71. The highest BCUT2D eigenvalue weighted by molar-refractivity contribution is 6.42. The van der Waals surface area contributed by atoms with Crippen molar-refractivity contribution in [3.05, 3.63) is 64.1 Å². The summed E-state index contributed by atoms with van der Waals surface area (Å²) < 4.78 is 39.4. The number of hydrogen-bond acceptors (Lipinski definition) is 1. The van der Waals surface area contributed by atoms with Gasteiger partial charge >= 0.3 is 6.18 Å². The molecule has 1 N–H and O–H groups in total. The maximum Gasteiger partial charge on any atom is 0.412 e. The molecule has 2 rings (SSSR count). The summed E-state index contributed by atoms with van der Waals surface area (Å²) >= 11 is 11.5. The lowest BCUT2D eigenvalue weighted by atomic mass is 10.1.